The minimum absolute atomic E-state index is 0.101. The molecule has 0 bridgehead atoms. The third-order valence-electron chi connectivity index (χ3n) is 3.90. The lowest BCUT2D eigenvalue weighted by atomic mass is 10.1. The van der Waals surface area contributed by atoms with Crippen LogP contribution in [0.25, 0.3) is 0 Å². The number of alkyl halides is 3. The van der Waals surface area contributed by atoms with Gasteiger partial charge in [-0.15, -0.1) is 0 Å². The first-order valence-electron chi connectivity index (χ1n) is 7.82. The Kier molecular flexibility index (Phi) is 6.29. The molecule has 0 heterocycles. The van der Waals surface area contributed by atoms with Gasteiger partial charge in [-0.25, -0.2) is 4.79 Å². The molecule has 138 valence electrons. The summed E-state index contributed by atoms with van der Waals surface area (Å²) in [5, 5.41) is 4.10. The van der Waals surface area contributed by atoms with Gasteiger partial charge in [0.25, 0.3) is 0 Å². The van der Waals surface area contributed by atoms with Gasteiger partial charge in [0.2, 0.25) is 5.91 Å². The first-order valence-corrected chi connectivity index (χ1v) is 8.20. The molecule has 3 amide bonds. The number of hydrogen-bond acceptors (Lipinski definition) is 3. The molecule has 0 saturated heterocycles. The van der Waals surface area contributed by atoms with Crippen molar-refractivity contribution >= 4 is 23.5 Å². The Bertz CT molecular complexity index is 635. The molecule has 1 saturated carbocycles. The second-order valence-electron chi connectivity index (χ2n) is 5.95. The van der Waals surface area contributed by atoms with Crippen LogP contribution in [0.5, 0.6) is 0 Å². The maximum absolute atomic E-state index is 12.1. The molecule has 0 aromatic heterocycles. The van der Waals surface area contributed by atoms with E-state index in [2.05, 4.69) is 0 Å². The lowest BCUT2D eigenvalue weighted by molar-refractivity contribution is -0.125. The van der Waals surface area contributed by atoms with Crippen LogP contribution in [0.15, 0.2) is 24.3 Å². The third-order valence-corrected chi connectivity index (χ3v) is 4.24. The van der Waals surface area contributed by atoms with Gasteiger partial charge < -0.3 is 5.32 Å². The van der Waals surface area contributed by atoms with E-state index in [4.69, 9.17) is 11.6 Å². The Hall–Kier alpha value is -1.80. The second-order valence-corrected chi connectivity index (χ2v) is 6.35. The molecule has 1 aromatic carbocycles. The lowest BCUT2D eigenvalue weighted by Crippen LogP contribution is -2.47. The molecule has 9 heteroatoms. The van der Waals surface area contributed by atoms with Crippen molar-refractivity contribution in [2.75, 3.05) is 13.1 Å². The summed E-state index contributed by atoms with van der Waals surface area (Å²) in [4.78, 5) is 25.3. The van der Waals surface area contributed by atoms with Gasteiger partial charge >= 0.3 is 12.2 Å². The van der Waals surface area contributed by atoms with E-state index in [-0.39, 0.29) is 18.6 Å². The van der Waals surface area contributed by atoms with Gasteiger partial charge in [-0.05, 0) is 31.4 Å². The summed E-state index contributed by atoms with van der Waals surface area (Å²) in [6, 6.07) is 6.12. The summed E-state index contributed by atoms with van der Waals surface area (Å²) in [6.45, 7) is 0.307. The average molecular weight is 378 g/mol. The Balaban J connectivity index is 1.94. The molecule has 1 aliphatic carbocycles. The molecule has 25 heavy (non-hydrogen) atoms. The van der Waals surface area contributed by atoms with E-state index in [0.717, 1.165) is 18.4 Å². The number of nitrogens with one attached hydrogen (secondary N) is 2. The van der Waals surface area contributed by atoms with Crippen LogP contribution in [-0.4, -0.2) is 42.1 Å². The zero-order chi connectivity index (χ0) is 18.6. The van der Waals surface area contributed by atoms with Crippen LogP contribution >= 0.6 is 11.6 Å². The van der Waals surface area contributed by atoms with Crippen molar-refractivity contribution in [2.45, 2.75) is 38.0 Å². The molecule has 1 aromatic rings. The Labute approximate surface area is 148 Å². The average Bonchev–Trinajstić information content (AvgIpc) is 3.34. The van der Waals surface area contributed by atoms with Crippen molar-refractivity contribution in [3.63, 3.8) is 0 Å². The largest absolute Gasteiger partial charge is 0.405 e. The molecule has 0 spiro atoms. The van der Waals surface area contributed by atoms with Gasteiger partial charge in [0, 0.05) is 17.1 Å². The summed E-state index contributed by atoms with van der Waals surface area (Å²) >= 11 is 6.20. The summed E-state index contributed by atoms with van der Waals surface area (Å²) < 4.78 is 36.2. The summed E-state index contributed by atoms with van der Waals surface area (Å²) in [5.74, 6) is -0.662. The van der Waals surface area contributed by atoms with E-state index in [1.165, 1.54) is 0 Å². The van der Waals surface area contributed by atoms with Gasteiger partial charge in [-0.1, -0.05) is 29.8 Å². The molecule has 0 aliphatic heterocycles. The zero-order valence-electron chi connectivity index (χ0n) is 13.6. The molecule has 1 fully saturated rings. The van der Waals surface area contributed by atoms with Crippen LogP contribution in [0.2, 0.25) is 5.02 Å². The van der Waals surface area contributed by atoms with Crippen molar-refractivity contribution in [3.8, 4) is 0 Å². The number of halogens is 4. The van der Waals surface area contributed by atoms with Crippen molar-refractivity contribution < 1.29 is 22.8 Å². The molecule has 0 unspecified atom stereocenters. The number of urea groups is 1. The van der Waals surface area contributed by atoms with Crippen molar-refractivity contribution in [2.24, 2.45) is 0 Å². The van der Waals surface area contributed by atoms with Gasteiger partial charge in [0.05, 0.1) is 6.54 Å². The predicted octanol–water partition coefficient (Wildman–Crippen LogP) is 3.25. The van der Waals surface area contributed by atoms with E-state index in [9.17, 15) is 22.8 Å². The highest BCUT2D eigenvalue weighted by Crippen LogP contribution is 2.36. The highest BCUT2D eigenvalue weighted by Gasteiger charge is 2.35. The minimum Gasteiger partial charge on any atom is -0.329 e. The van der Waals surface area contributed by atoms with Gasteiger partial charge in [0.1, 0.15) is 6.54 Å². The molecule has 1 atom stereocenters. The highest BCUT2D eigenvalue weighted by atomic mass is 35.5. The number of hydrogen-bond donors (Lipinski definition) is 2. The van der Waals surface area contributed by atoms with Gasteiger partial charge in [0.15, 0.2) is 0 Å². The fourth-order valence-corrected chi connectivity index (χ4v) is 2.83. The predicted molar refractivity (Wildman–Crippen MR) is 87.2 cm³/mol. The summed E-state index contributed by atoms with van der Waals surface area (Å²) in [5.41, 5.74) is 0.852. The van der Waals surface area contributed by atoms with Crippen LogP contribution in [-0.2, 0) is 4.79 Å². The molecule has 0 radical (unpaired) electrons. The minimum atomic E-state index is -4.53. The molecular formula is C16H19ClF3N3O2. The van der Waals surface area contributed by atoms with E-state index in [1.54, 1.807) is 17.4 Å². The Morgan fingerprint density at radius 1 is 1.32 bits per heavy atom. The van der Waals surface area contributed by atoms with Gasteiger partial charge in [-0.3, -0.25) is 15.0 Å². The van der Waals surface area contributed by atoms with Crippen LogP contribution in [0, 0.1) is 0 Å². The first-order chi connectivity index (χ1) is 11.7. The fourth-order valence-electron chi connectivity index (χ4n) is 2.54. The second kappa shape index (κ2) is 8.05. The number of amides is 3. The van der Waals surface area contributed by atoms with Crippen molar-refractivity contribution in [1.29, 1.82) is 0 Å². The zero-order valence-corrected chi connectivity index (χ0v) is 14.3. The van der Waals surface area contributed by atoms with Gasteiger partial charge in [-0.2, -0.15) is 13.2 Å². The number of carbonyl (C=O) groups is 2. The van der Waals surface area contributed by atoms with Crippen molar-refractivity contribution in [3.05, 3.63) is 34.9 Å². The standard InChI is InChI=1S/C16H19ClF3N3O2/c1-10(12-4-2-3-5-13(12)17)23(11-6-7-11)8-14(24)22-15(25)21-9-16(18,19)20/h2-5,10-11H,6-9H2,1H3,(H2,21,22,24,25)/t10-/m0/s1. The monoisotopic (exact) mass is 377 g/mol. The van der Waals surface area contributed by atoms with Crippen molar-refractivity contribution in [1.82, 2.24) is 15.5 Å². The van der Waals surface area contributed by atoms with Crippen LogP contribution in [0.3, 0.4) is 0 Å². The Morgan fingerprint density at radius 2 is 1.96 bits per heavy atom. The highest BCUT2D eigenvalue weighted by molar-refractivity contribution is 6.31. The first kappa shape index (κ1) is 19.5. The maximum atomic E-state index is 12.1. The molecule has 2 N–H and O–H groups in total. The molecular weight excluding hydrogens is 359 g/mol. The quantitative estimate of drug-likeness (QED) is 0.800. The number of carbonyl (C=O) groups excluding carboxylic acids is 2. The summed E-state index contributed by atoms with van der Waals surface area (Å²) in [6.07, 6.45) is -2.69. The van der Waals surface area contributed by atoms with E-state index < -0.39 is 24.7 Å². The summed E-state index contributed by atoms with van der Waals surface area (Å²) in [7, 11) is 0. The fraction of sp³-hybridized carbons (Fsp3) is 0.500. The number of rotatable bonds is 6. The van der Waals surface area contributed by atoms with E-state index in [0.29, 0.717) is 5.02 Å². The smallest absolute Gasteiger partial charge is 0.329 e. The lowest BCUT2D eigenvalue weighted by Gasteiger charge is -2.29. The molecule has 1 aliphatic rings. The van der Waals surface area contributed by atoms with Crippen LogP contribution in [0.4, 0.5) is 18.0 Å². The number of benzene rings is 1. The SMILES string of the molecule is C[C@@H](c1ccccc1Cl)N(CC(=O)NC(=O)NCC(F)(F)F)C1CC1. The van der Waals surface area contributed by atoms with Crippen LogP contribution in [0.1, 0.15) is 31.4 Å². The third kappa shape index (κ3) is 6.21. The molecule has 2 rings (SSSR count). The molecule has 5 nitrogen and oxygen atoms in total. The topological polar surface area (TPSA) is 61.4 Å². The normalized spacial score (nSPS) is 15.8. The number of imide groups is 1. The van der Waals surface area contributed by atoms with E-state index >= 15 is 0 Å². The van der Waals surface area contributed by atoms with Crippen LogP contribution < -0.4 is 10.6 Å². The maximum Gasteiger partial charge on any atom is 0.405 e. The number of nitrogens with zero attached hydrogens (tertiary/aromatic N) is 1. The Morgan fingerprint density at radius 3 is 2.52 bits per heavy atom. The van der Waals surface area contributed by atoms with E-state index in [1.807, 2.05) is 29.3 Å².